The third-order valence-electron chi connectivity index (χ3n) is 0.992. The van der Waals surface area contributed by atoms with Gasteiger partial charge in [0.15, 0.2) is 0 Å². The van der Waals surface area contributed by atoms with E-state index in [0.717, 1.165) is 5.56 Å². The lowest BCUT2D eigenvalue weighted by Crippen LogP contribution is -1.77. The van der Waals surface area contributed by atoms with Crippen molar-refractivity contribution in [2.45, 2.75) is 0 Å². The standard InChI is InChI=1S/C7H5Cl2/c8-7(9)6-4-2-1-3-5-6/h1-5H/q-1. The van der Waals surface area contributed by atoms with Gasteiger partial charge in [0.1, 0.15) is 0 Å². The van der Waals surface area contributed by atoms with E-state index in [1.54, 1.807) is 0 Å². The molecule has 0 bridgehead atoms. The lowest BCUT2D eigenvalue weighted by molar-refractivity contribution is 1.55. The minimum absolute atomic E-state index is 0.315. The van der Waals surface area contributed by atoms with Gasteiger partial charge in [0, 0.05) is 4.84 Å². The minimum Gasteiger partial charge on any atom is -0.161 e. The molecule has 0 aliphatic heterocycles. The molecule has 0 spiro atoms. The van der Waals surface area contributed by atoms with Crippen LogP contribution in [0, 0.1) is 4.84 Å². The summed E-state index contributed by atoms with van der Waals surface area (Å²) < 4.78 is 0. The molecular weight excluding hydrogens is 155 g/mol. The Labute approximate surface area is 64.4 Å². The molecule has 0 saturated heterocycles. The first-order chi connectivity index (χ1) is 4.30. The highest BCUT2D eigenvalue weighted by Gasteiger charge is 1.87. The number of hydrogen-bond acceptors (Lipinski definition) is 0. The average Bonchev–Trinajstić information content (AvgIpc) is 1.90. The van der Waals surface area contributed by atoms with Gasteiger partial charge in [-0.3, -0.25) is 0 Å². The van der Waals surface area contributed by atoms with E-state index in [-0.39, 0.29) is 0 Å². The lowest BCUT2D eigenvalue weighted by atomic mass is 10.2. The topological polar surface area (TPSA) is 0 Å². The highest BCUT2D eigenvalue weighted by atomic mass is 35.5. The summed E-state index contributed by atoms with van der Waals surface area (Å²) in [5.41, 5.74) is 0.862. The van der Waals surface area contributed by atoms with E-state index in [1.165, 1.54) is 0 Å². The van der Waals surface area contributed by atoms with Gasteiger partial charge >= 0.3 is 0 Å². The predicted octanol–water partition coefficient (Wildman–Crippen LogP) is 3.00. The van der Waals surface area contributed by atoms with Gasteiger partial charge < -0.3 is 0 Å². The summed E-state index contributed by atoms with van der Waals surface area (Å²) in [5.74, 6) is 0. The monoisotopic (exact) mass is 159 g/mol. The maximum Gasteiger partial charge on any atom is 0.00169 e. The molecular formula is C7H5Cl2-. The van der Waals surface area contributed by atoms with Crippen LogP contribution < -0.4 is 0 Å². The van der Waals surface area contributed by atoms with E-state index in [4.69, 9.17) is 23.2 Å². The highest BCUT2D eigenvalue weighted by molar-refractivity contribution is 6.54. The Morgan fingerprint density at radius 3 is 1.89 bits per heavy atom. The van der Waals surface area contributed by atoms with E-state index in [9.17, 15) is 0 Å². The summed E-state index contributed by atoms with van der Waals surface area (Å²) in [4.78, 5) is 0.315. The fourth-order valence-electron chi connectivity index (χ4n) is 0.564. The van der Waals surface area contributed by atoms with Crippen LogP contribution in [0.3, 0.4) is 0 Å². The first kappa shape index (κ1) is 6.79. The minimum atomic E-state index is 0.315. The van der Waals surface area contributed by atoms with E-state index in [0.29, 0.717) is 4.84 Å². The number of halogens is 2. The van der Waals surface area contributed by atoms with Crippen molar-refractivity contribution in [1.29, 1.82) is 0 Å². The SMILES string of the molecule is Cl[C-](Cl)c1ccccc1. The molecule has 1 rings (SSSR count). The molecule has 9 heavy (non-hydrogen) atoms. The van der Waals surface area contributed by atoms with Crippen LogP contribution in [0.1, 0.15) is 5.56 Å². The Bertz CT molecular complexity index is 170. The Morgan fingerprint density at radius 2 is 1.56 bits per heavy atom. The average molecular weight is 160 g/mol. The zero-order chi connectivity index (χ0) is 6.69. The van der Waals surface area contributed by atoms with Crippen molar-refractivity contribution in [3.63, 3.8) is 0 Å². The van der Waals surface area contributed by atoms with E-state index >= 15 is 0 Å². The number of hydrogen-bond donors (Lipinski definition) is 0. The fourth-order valence-corrected chi connectivity index (χ4v) is 0.816. The molecule has 1 aromatic rings. The van der Waals surface area contributed by atoms with Gasteiger partial charge in [-0.25, -0.2) is 0 Å². The maximum absolute atomic E-state index is 5.49. The van der Waals surface area contributed by atoms with Gasteiger partial charge in [-0.05, 0) is 0 Å². The number of rotatable bonds is 1. The van der Waals surface area contributed by atoms with Crippen molar-refractivity contribution in [2.75, 3.05) is 0 Å². The third kappa shape index (κ3) is 1.81. The van der Waals surface area contributed by atoms with Crippen molar-refractivity contribution in [2.24, 2.45) is 0 Å². The van der Waals surface area contributed by atoms with Crippen LogP contribution in [0.5, 0.6) is 0 Å². The van der Waals surface area contributed by atoms with Crippen molar-refractivity contribution < 1.29 is 0 Å². The van der Waals surface area contributed by atoms with Gasteiger partial charge in [0.25, 0.3) is 0 Å². The van der Waals surface area contributed by atoms with Crippen LogP contribution in [0.25, 0.3) is 0 Å². The van der Waals surface area contributed by atoms with Crippen molar-refractivity contribution in [1.82, 2.24) is 0 Å². The van der Waals surface area contributed by atoms with Gasteiger partial charge in [-0.1, -0.05) is 6.07 Å². The molecule has 0 fully saturated rings. The van der Waals surface area contributed by atoms with E-state index in [2.05, 4.69) is 0 Å². The molecule has 0 radical (unpaired) electrons. The second-order valence-electron chi connectivity index (χ2n) is 1.63. The molecule has 0 atom stereocenters. The predicted molar refractivity (Wildman–Crippen MR) is 40.5 cm³/mol. The first-order valence-corrected chi connectivity index (χ1v) is 3.29. The molecule has 48 valence electrons. The summed E-state index contributed by atoms with van der Waals surface area (Å²) in [5, 5.41) is 0. The van der Waals surface area contributed by atoms with E-state index < -0.39 is 0 Å². The van der Waals surface area contributed by atoms with Gasteiger partial charge in [-0.15, -0.1) is 12.1 Å². The molecule has 0 aliphatic carbocycles. The molecule has 0 nitrogen and oxygen atoms in total. The van der Waals surface area contributed by atoms with Crippen LogP contribution in [0.2, 0.25) is 0 Å². The van der Waals surface area contributed by atoms with E-state index in [1.807, 2.05) is 30.3 Å². The fraction of sp³-hybridized carbons (Fsp3) is 0. The zero-order valence-corrected chi connectivity index (χ0v) is 6.15. The smallest absolute Gasteiger partial charge is 0.00169 e. The quantitative estimate of drug-likeness (QED) is 0.554. The van der Waals surface area contributed by atoms with Crippen LogP contribution in [-0.2, 0) is 0 Å². The molecule has 0 amide bonds. The van der Waals surface area contributed by atoms with Gasteiger partial charge in [0.05, 0.1) is 0 Å². The molecule has 0 unspecified atom stereocenters. The Hall–Kier alpha value is -0.330. The molecule has 1 aromatic carbocycles. The largest absolute Gasteiger partial charge is 0.161 e. The molecule has 0 heterocycles. The highest BCUT2D eigenvalue weighted by Crippen LogP contribution is 2.21. The molecule has 0 N–H and O–H groups in total. The second-order valence-corrected chi connectivity index (χ2v) is 2.58. The second kappa shape index (κ2) is 3.00. The van der Waals surface area contributed by atoms with Crippen molar-refractivity contribution in [3.8, 4) is 0 Å². The molecule has 0 aromatic heterocycles. The summed E-state index contributed by atoms with van der Waals surface area (Å²) in [7, 11) is 0. The molecule has 0 aliphatic rings. The summed E-state index contributed by atoms with van der Waals surface area (Å²) in [6.45, 7) is 0. The third-order valence-corrected chi connectivity index (χ3v) is 1.43. The Morgan fingerprint density at radius 1 is 1.00 bits per heavy atom. The summed E-state index contributed by atoms with van der Waals surface area (Å²) in [6.07, 6.45) is 0. The van der Waals surface area contributed by atoms with Crippen molar-refractivity contribution >= 4 is 23.2 Å². The zero-order valence-electron chi connectivity index (χ0n) is 4.64. The molecule has 0 saturated carbocycles. The molecule has 2 heteroatoms. The van der Waals surface area contributed by atoms with Gasteiger partial charge in [-0.2, -0.15) is 40.9 Å². The first-order valence-electron chi connectivity index (χ1n) is 2.54. The summed E-state index contributed by atoms with van der Waals surface area (Å²) >= 11 is 11.0. The normalized spacial score (nSPS) is 9.11. The Kier molecular flexibility index (Phi) is 2.26. The van der Waals surface area contributed by atoms with Crippen LogP contribution in [0.4, 0.5) is 0 Å². The summed E-state index contributed by atoms with van der Waals surface area (Å²) in [6, 6.07) is 9.41. The lowest BCUT2D eigenvalue weighted by Gasteiger charge is -2.08. The Balaban J connectivity index is 2.85. The van der Waals surface area contributed by atoms with Crippen molar-refractivity contribution in [3.05, 3.63) is 40.7 Å². The van der Waals surface area contributed by atoms with Crippen LogP contribution in [0.15, 0.2) is 30.3 Å². The maximum atomic E-state index is 5.49. The number of benzene rings is 1. The van der Waals surface area contributed by atoms with Crippen LogP contribution >= 0.6 is 23.2 Å². The van der Waals surface area contributed by atoms with Crippen LogP contribution in [-0.4, -0.2) is 0 Å². The van der Waals surface area contributed by atoms with Gasteiger partial charge in [0.2, 0.25) is 0 Å².